The molecule has 4 heteroatoms. The third-order valence-corrected chi connectivity index (χ3v) is 3.21. The zero-order valence-electron chi connectivity index (χ0n) is 10.9. The summed E-state index contributed by atoms with van der Waals surface area (Å²) in [6.45, 7) is 4.19. The van der Waals surface area contributed by atoms with Crippen molar-refractivity contribution in [3.8, 4) is 0 Å². The summed E-state index contributed by atoms with van der Waals surface area (Å²) in [6.07, 6.45) is 3.57. The van der Waals surface area contributed by atoms with Crippen molar-refractivity contribution in [3.63, 3.8) is 0 Å². The first-order chi connectivity index (χ1) is 9.24. The minimum atomic E-state index is -0.314. The SMILES string of the molecule is CCOC(=O)c1c2cccc(C)c2c2ncccn12. The molecule has 2 aromatic heterocycles. The van der Waals surface area contributed by atoms with Crippen LogP contribution in [0.4, 0.5) is 0 Å². The number of carbonyl (C=O) groups is 1. The Morgan fingerprint density at radius 3 is 3.00 bits per heavy atom. The van der Waals surface area contributed by atoms with Crippen molar-refractivity contribution in [3.05, 3.63) is 47.9 Å². The van der Waals surface area contributed by atoms with E-state index in [9.17, 15) is 4.79 Å². The molecule has 0 aliphatic carbocycles. The topological polar surface area (TPSA) is 43.6 Å². The normalized spacial score (nSPS) is 11.1. The largest absolute Gasteiger partial charge is 0.461 e. The number of hydrogen-bond acceptors (Lipinski definition) is 3. The van der Waals surface area contributed by atoms with Gasteiger partial charge in [-0.3, -0.25) is 4.40 Å². The van der Waals surface area contributed by atoms with Crippen LogP contribution in [0, 0.1) is 6.92 Å². The van der Waals surface area contributed by atoms with E-state index in [4.69, 9.17) is 4.74 Å². The van der Waals surface area contributed by atoms with E-state index in [-0.39, 0.29) is 5.97 Å². The van der Waals surface area contributed by atoms with Gasteiger partial charge in [-0.1, -0.05) is 18.2 Å². The summed E-state index contributed by atoms with van der Waals surface area (Å²) in [4.78, 5) is 16.6. The Kier molecular flexibility index (Phi) is 2.71. The van der Waals surface area contributed by atoms with E-state index in [0.29, 0.717) is 12.3 Å². The fraction of sp³-hybridized carbons (Fsp3) is 0.200. The lowest BCUT2D eigenvalue weighted by Gasteiger charge is -2.02. The first-order valence-corrected chi connectivity index (χ1v) is 6.25. The Morgan fingerprint density at radius 2 is 2.21 bits per heavy atom. The zero-order valence-corrected chi connectivity index (χ0v) is 10.9. The van der Waals surface area contributed by atoms with E-state index in [1.807, 2.05) is 37.4 Å². The van der Waals surface area contributed by atoms with E-state index in [0.717, 1.165) is 22.0 Å². The molecule has 0 atom stereocenters. The van der Waals surface area contributed by atoms with Crippen LogP contribution in [0.2, 0.25) is 0 Å². The van der Waals surface area contributed by atoms with Crippen molar-refractivity contribution in [2.24, 2.45) is 0 Å². The summed E-state index contributed by atoms with van der Waals surface area (Å²) in [5.41, 5.74) is 2.44. The molecule has 1 aromatic carbocycles. The van der Waals surface area contributed by atoms with Crippen LogP contribution in [-0.4, -0.2) is 22.0 Å². The van der Waals surface area contributed by atoms with Gasteiger partial charge in [0.2, 0.25) is 0 Å². The van der Waals surface area contributed by atoms with Crippen molar-refractivity contribution >= 4 is 22.4 Å². The molecule has 0 bridgehead atoms. The number of rotatable bonds is 2. The molecular weight excluding hydrogens is 240 g/mol. The number of carbonyl (C=O) groups excluding carboxylic acids is 1. The Labute approximate surface area is 110 Å². The van der Waals surface area contributed by atoms with Crippen molar-refractivity contribution in [2.45, 2.75) is 13.8 Å². The Hall–Kier alpha value is -2.36. The molecule has 0 spiro atoms. The first kappa shape index (κ1) is 11.7. The van der Waals surface area contributed by atoms with Crippen LogP contribution in [0.1, 0.15) is 23.0 Å². The number of hydrogen-bond donors (Lipinski definition) is 0. The second-order valence-electron chi connectivity index (χ2n) is 4.38. The average Bonchev–Trinajstić information content (AvgIpc) is 2.74. The van der Waals surface area contributed by atoms with E-state index in [2.05, 4.69) is 4.98 Å². The summed E-state index contributed by atoms with van der Waals surface area (Å²) in [7, 11) is 0. The Morgan fingerprint density at radius 1 is 1.37 bits per heavy atom. The number of aromatic nitrogens is 2. The highest BCUT2D eigenvalue weighted by Crippen LogP contribution is 2.28. The molecule has 0 amide bonds. The smallest absolute Gasteiger partial charge is 0.355 e. The minimum absolute atomic E-state index is 0.314. The van der Waals surface area contributed by atoms with Gasteiger partial charge >= 0.3 is 5.97 Å². The van der Waals surface area contributed by atoms with Crippen LogP contribution in [0.15, 0.2) is 36.7 Å². The van der Waals surface area contributed by atoms with Crippen LogP contribution in [-0.2, 0) is 4.74 Å². The Balaban J connectivity index is 2.46. The second-order valence-corrected chi connectivity index (χ2v) is 4.38. The lowest BCUT2D eigenvalue weighted by Crippen LogP contribution is -2.08. The molecule has 3 aromatic rings. The van der Waals surface area contributed by atoms with Crippen molar-refractivity contribution in [1.29, 1.82) is 0 Å². The molecule has 2 heterocycles. The zero-order chi connectivity index (χ0) is 13.4. The van der Waals surface area contributed by atoms with Crippen LogP contribution in [0.25, 0.3) is 16.4 Å². The highest BCUT2D eigenvalue weighted by molar-refractivity contribution is 6.10. The van der Waals surface area contributed by atoms with E-state index in [1.54, 1.807) is 17.5 Å². The van der Waals surface area contributed by atoms with Gasteiger partial charge in [0, 0.05) is 23.2 Å². The molecule has 0 N–H and O–H groups in total. The molecule has 0 aliphatic heterocycles. The summed E-state index contributed by atoms with van der Waals surface area (Å²) in [6, 6.07) is 7.71. The fourth-order valence-electron chi connectivity index (χ4n) is 2.44. The van der Waals surface area contributed by atoms with Gasteiger partial charge in [-0.2, -0.15) is 0 Å². The van der Waals surface area contributed by atoms with Gasteiger partial charge in [0.25, 0.3) is 0 Å². The molecule has 4 nitrogen and oxygen atoms in total. The van der Waals surface area contributed by atoms with Gasteiger partial charge in [0.05, 0.1) is 6.61 Å². The standard InChI is InChI=1S/C15H14N2O2/c1-3-19-15(18)13-11-7-4-6-10(2)12(11)14-16-8-5-9-17(13)14/h4-9H,3H2,1-2H3. The fourth-order valence-corrected chi connectivity index (χ4v) is 2.44. The maximum atomic E-state index is 12.2. The number of benzene rings is 1. The lowest BCUT2D eigenvalue weighted by atomic mass is 10.1. The number of ether oxygens (including phenoxy) is 1. The van der Waals surface area contributed by atoms with Crippen molar-refractivity contribution in [2.75, 3.05) is 6.61 Å². The summed E-state index contributed by atoms with van der Waals surface area (Å²) >= 11 is 0. The molecular formula is C15H14N2O2. The average molecular weight is 254 g/mol. The maximum absolute atomic E-state index is 12.2. The third kappa shape index (κ3) is 1.68. The van der Waals surface area contributed by atoms with Gasteiger partial charge < -0.3 is 4.74 Å². The Bertz CT molecular complexity index is 774. The van der Waals surface area contributed by atoms with Gasteiger partial charge in [-0.25, -0.2) is 9.78 Å². The van der Waals surface area contributed by atoms with Gasteiger partial charge in [-0.05, 0) is 25.5 Å². The molecule has 96 valence electrons. The summed E-state index contributed by atoms with van der Waals surface area (Å²) in [5, 5.41) is 1.89. The maximum Gasteiger partial charge on any atom is 0.355 e. The number of nitrogens with zero attached hydrogens (tertiary/aromatic N) is 2. The molecule has 0 saturated heterocycles. The first-order valence-electron chi connectivity index (χ1n) is 6.25. The van der Waals surface area contributed by atoms with Gasteiger partial charge in [-0.15, -0.1) is 0 Å². The van der Waals surface area contributed by atoms with E-state index < -0.39 is 0 Å². The molecule has 0 radical (unpaired) electrons. The molecule has 0 fully saturated rings. The predicted octanol–water partition coefficient (Wildman–Crippen LogP) is 2.97. The van der Waals surface area contributed by atoms with Crippen LogP contribution >= 0.6 is 0 Å². The summed E-state index contributed by atoms with van der Waals surface area (Å²) in [5.74, 6) is -0.314. The second kappa shape index (κ2) is 4.39. The predicted molar refractivity (Wildman–Crippen MR) is 73.4 cm³/mol. The highest BCUT2D eigenvalue weighted by atomic mass is 16.5. The quantitative estimate of drug-likeness (QED) is 0.660. The number of aryl methyl sites for hydroxylation is 1. The van der Waals surface area contributed by atoms with Gasteiger partial charge in [0.1, 0.15) is 11.3 Å². The molecule has 3 rings (SSSR count). The van der Waals surface area contributed by atoms with Crippen LogP contribution < -0.4 is 0 Å². The van der Waals surface area contributed by atoms with Gasteiger partial charge in [0.15, 0.2) is 0 Å². The summed E-state index contributed by atoms with van der Waals surface area (Å²) < 4.78 is 6.96. The lowest BCUT2D eigenvalue weighted by molar-refractivity contribution is 0.0521. The van der Waals surface area contributed by atoms with Crippen molar-refractivity contribution < 1.29 is 9.53 Å². The van der Waals surface area contributed by atoms with Crippen molar-refractivity contribution in [1.82, 2.24) is 9.38 Å². The minimum Gasteiger partial charge on any atom is -0.461 e. The number of fused-ring (bicyclic) bond motifs is 3. The van der Waals surface area contributed by atoms with Crippen LogP contribution in [0.3, 0.4) is 0 Å². The van der Waals surface area contributed by atoms with Crippen LogP contribution in [0.5, 0.6) is 0 Å². The number of esters is 1. The molecule has 19 heavy (non-hydrogen) atoms. The molecule has 0 saturated carbocycles. The highest BCUT2D eigenvalue weighted by Gasteiger charge is 2.20. The van der Waals surface area contributed by atoms with E-state index in [1.165, 1.54) is 0 Å². The van der Waals surface area contributed by atoms with E-state index >= 15 is 0 Å². The monoisotopic (exact) mass is 254 g/mol. The molecule has 0 unspecified atom stereocenters. The molecule has 0 aliphatic rings. The third-order valence-electron chi connectivity index (χ3n) is 3.21.